The van der Waals surface area contributed by atoms with Gasteiger partial charge in [0.2, 0.25) is 0 Å². The van der Waals surface area contributed by atoms with E-state index in [1.165, 1.54) is 0 Å². The van der Waals surface area contributed by atoms with Crippen LogP contribution in [0.1, 0.15) is 43.0 Å². The van der Waals surface area contributed by atoms with Gasteiger partial charge in [-0.2, -0.15) is 0 Å². The van der Waals surface area contributed by atoms with E-state index in [9.17, 15) is 13.2 Å². The minimum atomic E-state index is -3.25. The molecule has 1 aliphatic heterocycles. The highest BCUT2D eigenvalue weighted by atomic mass is 35.5. The number of sulfone groups is 1. The van der Waals surface area contributed by atoms with Gasteiger partial charge in [0.1, 0.15) is 0 Å². The first-order valence-corrected chi connectivity index (χ1v) is 9.90. The Labute approximate surface area is 150 Å². The number of hydrogen-bond donors (Lipinski definition) is 1. The topological polar surface area (TPSA) is 66.5 Å². The van der Waals surface area contributed by atoms with Crippen LogP contribution < -0.4 is 5.32 Å². The van der Waals surface area contributed by atoms with E-state index in [1.807, 2.05) is 11.8 Å². The fourth-order valence-corrected chi connectivity index (χ4v) is 5.34. The Balaban J connectivity index is 0.00000208. The summed E-state index contributed by atoms with van der Waals surface area (Å²) in [6, 6.07) is 6.64. The molecule has 24 heavy (non-hydrogen) atoms. The third kappa shape index (κ3) is 3.76. The number of nitrogens with zero attached hydrogens (tertiary/aromatic N) is 1. The Morgan fingerprint density at radius 1 is 1.17 bits per heavy atom. The molecule has 1 aromatic rings. The Morgan fingerprint density at radius 3 is 2.38 bits per heavy atom. The zero-order valence-corrected chi connectivity index (χ0v) is 15.5. The molecule has 1 amide bonds. The molecule has 1 heterocycles. The van der Waals surface area contributed by atoms with Gasteiger partial charge in [0.05, 0.1) is 10.1 Å². The smallest absolute Gasteiger partial charge is 0.254 e. The molecule has 5 nitrogen and oxygen atoms in total. The molecule has 0 bridgehead atoms. The first kappa shape index (κ1) is 19.2. The summed E-state index contributed by atoms with van der Waals surface area (Å²) in [4.78, 5) is 14.8. The number of carbonyl (C=O) groups is 1. The number of hydrogen-bond acceptors (Lipinski definition) is 4. The van der Waals surface area contributed by atoms with Crippen LogP contribution in [0.25, 0.3) is 0 Å². The van der Waals surface area contributed by atoms with E-state index in [4.69, 9.17) is 0 Å². The van der Waals surface area contributed by atoms with Crippen LogP contribution in [0.3, 0.4) is 0 Å². The molecule has 1 atom stereocenters. The van der Waals surface area contributed by atoms with Crippen molar-refractivity contribution in [1.82, 2.24) is 10.2 Å². The number of rotatable bonds is 3. The van der Waals surface area contributed by atoms with Crippen molar-refractivity contribution in [2.75, 3.05) is 19.6 Å². The summed E-state index contributed by atoms with van der Waals surface area (Å²) in [5.41, 5.74) is 0.559. The van der Waals surface area contributed by atoms with Crippen LogP contribution in [0.2, 0.25) is 0 Å². The van der Waals surface area contributed by atoms with Gasteiger partial charge < -0.3 is 10.2 Å². The van der Waals surface area contributed by atoms with Crippen molar-refractivity contribution in [3.05, 3.63) is 29.8 Å². The Kier molecular flexibility index (Phi) is 6.28. The molecule has 1 saturated carbocycles. The highest BCUT2D eigenvalue weighted by molar-refractivity contribution is 7.92. The Hall–Kier alpha value is -1.11. The molecule has 0 aromatic heterocycles. The molecule has 134 valence electrons. The van der Waals surface area contributed by atoms with Crippen LogP contribution in [0, 0.1) is 0 Å². The first-order chi connectivity index (χ1) is 11.0. The van der Waals surface area contributed by atoms with Gasteiger partial charge in [-0.25, -0.2) is 8.42 Å². The molecule has 0 spiro atoms. The highest BCUT2D eigenvalue weighted by Crippen LogP contribution is 2.29. The van der Waals surface area contributed by atoms with Crippen LogP contribution in [-0.2, 0) is 9.84 Å². The maximum absolute atomic E-state index is 12.6. The number of benzene rings is 1. The van der Waals surface area contributed by atoms with E-state index in [0.717, 1.165) is 38.8 Å². The van der Waals surface area contributed by atoms with E-state index in [0.29, 0.717) is 17.0 Å². The van der Waals surface area contributed by atoms with Crippen LogP contribution in [-0.4, -0.2) is 50.2 Å². The molecule has 3 rings (SSSR count). The van der Waals surface area contributed by atoms with Gasteiger partial charge in [0.15, 0.2) is 9.84 Å². The zero-order chi connectivity index (χ0) is 16.4. The normalized spacial score (nSPS) is 22.2. The van der Waals surface area contributed by atoms with Crippen molar-refractivity contribution in [2.45, 2.75) is 48.8 Å². The zero-order valence-electron chi connectivity index (χ0n) is 13.9. The van der Waals surface area contributed by atoms with E-state index in [2.05, 4.69) is 5.32 Å². The summed E-state index contributed by atoms with van der Waals surface area (Å²) in [7, 11) is -3.25. The molecule has 2 aliphatic rings. The summed E-state index contributed by atoms with van der Waals surface area (Å²) < 4.78 is 25.1. The lowest BCUT2D eigenvalue weighted by Gasteiger charge is -2.34. The van der Waals surface area contributed by atoms with E-state index >= 15 is 0 Å². The van der Waals surface area contributed by atoms with Gasteiger partial charge in [0, 0.05) is 31.2 Å². The van der Waals surface area contributed by atoms with E-state index in [1.54, 1.807) is 24.3 Å². The lowest BCUT2D eigenvalue weighted by Crippen LogP contribution is -2.52. The second-order valence-electron chi connectivity index (χ2n) is 6.53. The van der Waals surface area contributed by atoms with Gasteiger partial charge in [-0.15, -0.1) is 12.4 Å². The molecule has 7 heteroatoms. The van der Waals surface area contributed by atoms with Gasteiger partial charge in [0.25, 0.3) is 5.91 Å². The predicted octanol–water partition coefficient (Wildman–Crippen LogP) is 2.26. The molecule has 1 aliphatic carbocycles. The second kappa shape index (κ2) is 7.85. The largest absolute Gasteiger partial charge is 0.333 e. The molecule has 0 radical (unpaired) electrons. The number of carbonyl (C=O) groups excluding carboxylic acids is 1. The maximum Gasteiger partial charge on any atom is 0.254 e. The fourth-order valence-electron chi connectivity index (χ4n) is 3.49. The van der Waals surface area contributed by atoms with Gasteiger partial charge in [-0.1, -0.05) is 12.8 Å². The number of amides is 1. The summed E-state index contributed by atoms with van der Waals surface area (Å²) >= 11 is 0. The Morgan fingerprint density at radius 2 is 1.79 bits per heavy atom. The van der Waals surface area contributed by atoms with Crippen LogP contribution >= 0.6 is 12.4 Å². The molecule has 1 N–H and O–H groups in total. The Bertz CT molecular complexity index is 670. The SMILES string of the molecule is CC1CNCCN1C(=O)c1ccc(S(=O)(=O)C2CCCC2)cc1.Cl. The van der Waals surface area contributed by atoms with Crippen molar-refractivity contribution in [2.24, 2.45) is 0 Å². The van der Waals surface area contributed by atoms with E-state index < -0.39 is 9.84 Å². The average molecular weight is 373 g/mol. The third-order valence-electron chi connectivity index (χ3n) is 4.93. The maximum atomic E-state index is 12.6. The van der Waals surface area contributed by atoms with Gasteiger partial charge in [-0.05, 0) is 44.0 Å². The number of nitrogens with one attached hydrogen (secondary N) is 1. The molecule has 1 saturated heterocycles. The lowest BCUT2D eigenvalue weighted by atomic mass is 10.1. The summed E-state index contributed by atoms with van der Waals surface area (Å²) in [5, 5.41) is 3.01. The van der Waals surface area contributed by atoms with Gasteiger partial charge in [-0.3, -0.25) is 4.79 Å². The van der Waals surface area contributed by atoms with Crippen molar-refractivity contribution >= 4 is 28.2 Å². The first-order valence-electron chi connectivity index (χ1n) is 8.36. The quantitative estimate of drug-likeness (QED) is 0.883. The molecule has 2 fully saturated rings. The van der Waals surface area contributed by atoms with Crippen LogP contribution in [0.15, 0.2) is 29.2 Å². The highest BCUT2D eigenvalue weighted by Gasteiger charge is 2.30. The third-order valence-corrected chi connectivity index (χ3v) is 7.21. The number of halogens is 1. The molecule has 1 aromatic carbocycles. The predicted molar refractivity (Wildman–Crippen MR) is 96.5 cm³/mol. The van der Waals surface area contributed by atoms with Crippen molar-refractivity contribution in [3.63, 3.8) is 0 Å². The molecule has 1 unspecified atom stereocenters. The standard InChI is InChI=1S/C17H24N2O3S.ClH/c1-13-12-18-10-11-19(13)17(20)14-6-8-16(9-7-14)23(21,22)15-4-2-3-5-15;/h6-9,13,15,18H,2-5,10-12H2,1H3;1H. The molecular formula is C17H25ClN2O3S. The van der Waals surface area contributed by atoms with Crippen molar-refractivity contribution < 1.29 is 13.2 Å². The molecular weight excluding hydrogens is 348 g/mol. The van der Waals surface area contributed by atoms with Crippen molar-refractivity contribution in [3.8, 4) is 0 Å². The van der Waals surface area contributed by atoms with Crippen LogP contribution in [0.4, 0.5) is 0 Å². The van der Waals surface area contributed by atoms with Crippen LogP contribution in [0.5, 0.6) is 0 Å². The summed E-state index contributed by atoms with van der Waals surface area (Å²) in [6.07, 6.45) is 3.48. The van der Waals surface area contributed by atoms with Crippen molar-refractivity contribution in [1.29, 1.82) is 0 Å². The second-order valence-corrected chi connectivity index (χ2v) is 8.76. The van der Waals surface area contributed by atoms with Gasteiger partial charge >= 0.3 is 0 Å². The lowest BCUT2D eigenvalue weighted by molar-refractivity contribution is 0.0655. The minimum absolute atomic E-state index is 0. The average Bonchev–Trinajstić information content (AvgIpc) is 3.10. The summed E-state index contributed by atoms with van der Waals surface area (Å²) in [6.45, 7) is 4.29. The summed E-state index contributed by atoms with van der Waals surface area (Å²) in [5.74, 6) is -0.0242. The van der Waals surface area contributed by atoms with E-state index in [-0.39, 0.29) is 29.6 Å². The minimum Gasteiger partial charge on any atom is -0.333 e. The number of piperazine rings is 1. The fraction of sp³-hybridized carbons (Fsp3) is 0.588. The monoisotopic (exact) mass is 372 g/mol.